The lowest BCUT2D eigenvalue weighted by Gasteiger charge is -2.35. The van der Waals surface area contributed by atoms with Gasteiger partial charge in [-0.25, -0.2) is 0 Å². The molecule has 1 amide bonds. The van der Waals surface area contributed by atoms with Crippen LogP contribution in [0.2, 0.25) is 0 Å². The molecule has 1 aromatic carbocycles. The number of ether oxygens (including phenoxy) is 2. The predicted molar refractivity (Wildman–Crippen MR) is 87.4 cm³/mol. The van der Waals surface area contributed by atoms with E-state index in [9.17, 15) is 4.79 Å². The van der Waals surface area contributed by atoms with Gasteiger partial charge in [0.2, 0.25) is 11.8 Å². The molecule has 3 rings (SSSR count). The molecule has 1 saturated heterocycles. The molecule has 6 heteroatoms. The summed E-state index contributed by atoms with van der Waals surface area (Å²) in [5, 5.41) is 5.34. The van der Waals surface area contributed by atoms with Crippen LogP contribution in [0.3, 0.4) is 0 Å². The van der Waals surface area contributed by atoms with Crippen molar-refractivity contribution in [3.63, 3.8) is 0 Å². The molecule has 1 aliphatic heterocycles. The fourth-order valence-electron chi connectivity index (χ4n) is 3.06. The highest BCUT2D eigenvalue weighted by Gasteiger charge is 2.25. The first-order valence-corrected chi connectivity index (χ1v) is 8.02. The summed E-state index contributed by atoms with van der Waals surface area (Å²) < 4.78 is 13.2. The fraction of sp³-hybridized carbons (Fsp3) is 0.529. The summed E-state index contributed by atoms with van der Waals surface area (Å²) in [7, 11) is 1.89. The van der Waals surface area contributed by atoms with Crippen LogP contribution in [0.1, 0.15) is 20.3 Å². The number of amides is 1. The van der Waals surface area contributed by atoms with Gasteiger partial charge in [-0.2, -0.15) is 0 Å². The molecular weight excluding hydrogens is 294 g/mol. The normalized spacial score (nSPS) is 21.6. The number of morpholine rings is 1. The Hall–Kier alpha value is -2.08. The standard InChI is InChI=1S/C17H23N3O3/c1-12-10-20(11-13(2)23-12)16(21)8-9-22-17-14-6-4-5-7-15(14)19(3)18-17/h4-7,12-13H,8-11H2,1-3H3/t12-,13-/m0/s1. The number of nitrogens with zero attached hydrogens (tertiary/aromatic N) is 3. The summed E-state index contributed by atoms with van der Waals surface area (Å²) in [6.07, 6.45) is 0.524. The molecule has 0 spiro atoms. The van der Waals surface area contributed by atoms with Gasteiger partial charge in [-0.05, 0) is 26.0 Å². The van der Waals surface area contributed by atoms with Crippen LogP contribution in [-0.4, -0.2) is 52.5 Å². The molecule has 0 unspecified atom stereocenters. The molecule has 1 aromatic heterocycles. The van der Waals surface area contributed by atoms with Gasteiger partial charge in [-0.15, -0.1) is 5.10 Å². The summed E-state index contributed by atoms with van der Waals surface area (Å²) >= 11 is 0. The van der Waals surface area contributed by atoms with Gasteiger partial charge in [0.15, 0.2) is 0 Å². The van der Waals surface area contributed by atoms with E-state index in [-0.39, 0.29) is 18.1 Å². The number of hydrogen-bond donors (Lipinski definition) is 0. The molecule has 0 radical (unpaired) electrons. The molecule has 0 N–H and O–H groups in total. The van der Waals surface area contributed by atoms with Crippen molar-refractivity contribution in [3.8, 4) is 5.88 Å². The number of rotatable bonds is 4. The minimum absolute atomic E-state index is 0.0864. The second-order valence-corrected chi connectivity index (χ2v) is 6.10. The molecule has 0 saturated carbocycles. The maximum absolute atomic E-state index is 12.3. The van der Waals surface area contributed by atoms with E-state index < -0.39 is 0 Å². The number of aromatic nitrogens is 2. The Kier molecular flexibility index (Phi) is 4.52. The van der Waals surface area contributed by atoms with Crippen molar-refractivity contribution in [2.24, 2.45) is 7.05 Å². The molecule has 0 bridgehead atoms. The van der Waals surface area contributed by atoms with E-state index in [1.54, 1.807) is 4.68 Å². The Morgan fingerprint density at radius 1 is 1.30 bits per heavy atom. The fourth-order valence-corrected chi connectivity index (χ4v) is 3.06. The van der Waals surface area contributed by atoms with E-state index in [0.717, 1.165) is 10.9 Å². The lowest BCUT2D eigenvalue weighted by Crippen LogP contribution is -2.48. The first-order valence-electron chi connectivity index (χ1n) is 8.02. The largest absolute Gasteiger partial charge is 0.476 e. The summed E-state index contributed by atoms with van der Waals surface area (Å²) in [5.41, 5.74) is 1.02. The third-order valence-corrected chi connectivity index (χ3v) is 4.05. The first-order chi connectivity index (χ1) is 11.0. The SMILES string of the molecule is C[C@H]1CN(C(=O)CCOc2nn(C)c3ccccc23)C[C@H](C)O1. The average molecular weight is 317 g/mol. The first kappa shape index (κ1) is 15.8. The number of carbonyl (C=O) groups excluding carboxylic acids is 1. The zero-order valence-electron chi connectivity index (χ0n) is 13.9. The maximum Gasteiger partial charge on any atom is 0.240 e. The third kappa shape index (κ3) is 3.47. The molecular formula is C17H23N3O3. The zero-order valence-corrected chi connectivity index (χ0v) is 13.9. The molecule has 124 valence electrons. The van der Waals surface area contributed by atoms with Crippen molar-refractivity contribution >= 4 is 16.8 Å². The highest BCUT2D eigenvalue weighted by Crippen LogP contribution is 2.24. The van der Waals surface area contributed by atoms with Crippen LogP contribution in [0.5, 0.6) is 5.88 Å². The molecule has 1 aliphatic rings. The summed E-state index contributed by atoms with van der Waals surface area (Å²) in [6.45, 7) is 5.62. The van der Waals surface area contributed by atoms with Gasteiger partial charge >= 0.3 is 0 Å². The van der Waals surface area contributed by atoms with E-state index in [0.29, 0.717) is 32.0 Å². The Balaban J connectivity index is 1.57. The Labute approximate surface area is 136 Å². The number of hydrogen-bond acceptors (Lipinski definition) is 4. The van der Waals surface area contributed by atoms with Crippen LogP contribution in [0.4, 0.5) is 0 Å². The number of carbonyl (C=O) groups is 1. The monoisotopic (exact) mass is 317 g/mol. The molecule has 0 aliphatic carbocycles. The Morgan fingerprint density at radius 3 is 2.74 bits per heavy atom. The van der Waals surface area contributed by atoms with Crippen molar-refractivity contribution in [2.45, 2.75) is 32.5 Å². The Morgan fingerprint density at radius 2 is 2.00 bits per heavy atom. The van der Waals surface area contributed by atoms with E-state index in [2.05, 4.69) is 5.10 Å². The van der Waals surface area contributed by atoms with Gasteiger partial charge in [0, 0.05) is 20.1 Å². The van der Waals surface area contributed by atoms with Crippen LogP contribution in [0, 0.1) is 0 Å². The number of benzene rings is 1. The number of para-hydroxylation sites is 1. The lowest BCUT2D eigenvalue weighted by atomic mass is 10.2. The highest BCUT2D eigenvalue weighted by molar-refractivity contribution is 5.84. The summed E-state index contributed by atoms with van der Waals surface area (Å²) in [5.74, 6) is 0.687. The van der Waals surface area contributed by atoms with Crippen molar-refractivity contribution in [1.82, 2.24) is 14.7 Å². The van der Waals surface area contributed by atoms with Gasteiger partial charge in [0.05, 0.1) is 36.1 Å². The van der Waals surface area contributed by atoms with Gasteiger partial charge in [-0.1, -0.05) is 12.1 Å². The van der Waals surface area contributed by atoms with Crippen molar-refractivity contribution in [2.75, 3.05) is 19.7 Å². The zero-order chi connectivity index (χ0) is 16.4. The van der Waals surface area contributed by atoms with Crippen LogP contribution in [-0.2, 0) is 16.6 Å². The van der Waals surface area contributed by atoms with E-state index >= 15 is 0 Å². The van der Waals surface area contributed by atoms with Crippen molar-refractivity contribution in [1.29, 1.82) is 0 Å². The minimum atomic E-state index is 0.0864. The number of aryl methyl sites for hydroxylation is 1. The van der Waals surface area contributed by atoms with Crippen LogP contribution >= 0.6 is 0 Å². The van der Waals surface area contributed by atoms with Gasteiger partial charge in [-0.3, -0.25) is 9.48 Å². The minimum Gasteiger partial charge on any atom is -0.476 e. The van der Waals surface area contributed by atoms with Crippen LogP contribution in [0.25, 0.3) is 10.9 Å². The van der Waals surface area contributed by atoms with Crippen molar-refractivity contribution in [3.05, 3.63) is 24.3 Å². The summed E-state index contributed by atoms with van der Waals surface area (Å²) in [4.78, 5) is 14.2. The lowest BCUT2D eigenvalue weighted by molar-refractivity contribution is -0.143. The second kappa shape index (κ2) is 6.58. The smallest absolute Gasteiger partial charge is 0.240 e. The van der Waals surface area contributed by atoms with Crippen molar-refractivity contribution < 1.29 is 14.3 Å². The van der Waals surface area contributed by atoms with Gasteiger partial charge in [0.1, 0.15) is 0 Å². The predicted octanol–water partition coefficient (Wildman–Crippen LogP) is 1.98. The quantitative estimate of drug-likeness (QED) is 0.865. The van der Waals surface area contributed by atoms with E-state index in [1.165, 1.54) is 0 Å². The van der Waals surface area contributed by atoms with Gasteiger partial charge in [0.25, 0.3) is 0 Å². The molecule has 23 heavy (non-hydrogen) atoms. The van der Waals surface area contributed by atoms with Crippen LogP contribution in [0.15, 0.2) is 24.3 Å². The highest BCUT2D eigenvalue weighted by atomic mass is 16.5. The number of fused-ring (bicyclic) bond motifs is 1. The van der Waals surface area contributed by atoms with E-state index in [4.69, 9.17) is 9.47 Å². The maximum atomic E-state index is 12.3. The second-order valence-electron chi connectivity index (χ2n) is 6.10. The van der Waals surface area contributed by atoms with Crippen LogP contribution < -0.4 is 4.74 Å². The topological polar surface area (TPSA) is 56.6 Å². The molecule has 6 nitrogen and oxygen atoms in total. The van der Waals surface area contributed by atoms with E-state index in [1.807, 2.05) is 50.1 Å². The molecule has 2 atom stereocenters. The molecule has 1 fully saturated rings. The molecule has 2 aromatic rings. The summed E-state index contributed by atoms with van der Waals surface area (Å²) in [6, 6.07) is 7.90. The molecule has 2 heterocycles. The Bertz CT molecular complexity index is 687. The average Bonchev–Trinajstić information content (AvgIpc) is 2.83. The van der Waals surface area contributed by atoms with Gasteiger partial charge < -0.3 is 14.4 Å². The third-order valence-electron chi connectivity index (χ3n) is 4.05.